The maximum atomic E-state index is 13.7. The van der Waals surface area contributed by atoms with Gasteiger partial charge in [0.05, 0.1) is 17.0 Å². The second-order valence-electron chi connectivity index (χ2n) is 4.81. The number of benzene rings is 2. The second kappa shape index (κ2) is 6.27. The van der Waals surface area contributed by atoms with Crippen LogP contribution in [0.15, 0.2) is 52.6 Å². The van der Waals surface area contributed by atoms with Gasteiger partial charge in [-0.25, -0.2) is 13.8 Å². The largest absolute Gasteiger partial charge is 0.255 e. The molecular weight excluding hydrogens is 304 g/mol. The van der Waals surface area contributed by atoms with Gasteiger partial charge < -0.3 is 0 Å². The molecule has 0 unspecified atom stereocenters. The van der Waals surface area contributed by atoms with Crippen LogP contribution in [-0.2, 0) is 0 Å². The van der Waals surface area contributed by atoms with E-state index in [1.54, 1.807) is 0 Å². The van der Waals surface area contributed by atoms with Gasteiger partial charge in [0, 0.05) is 5.75 Å². The Morgan fingerprint density at radius 3 is 2.36 bits per heavy atom. The lowest BCUT2D eigenvalue weighted by atomic mass is 10.1. The van der Waals surface area contributed by atoms with Crippen molar-refractivity contribution in [3.63, 3.8) is 0 Å². The molecule has 0 saturated carbocycles. The number of amidine groups is 1. The third-order valence-corrected chi connectivity index (χ3v) is 4.02. The molecule has 3 rings (SSSR count). The Hall–Kier alpha value is -2.21. The minimum Gasteiger partial charge on any atom is -0.255 e. The number of aliphatic imine (C=N–C) groups is 1. The Morgan fingerprint density at radius 2 is 1.77 bits per heavy atom. The van der Waals surface area contributed by atoms with Crippen LogP contribution in [0, 0.1) is 18.6 Å². The van der Waals surface area contributed by atoms with Crippen molar-refractivity contribution >= 4 is 28.3 Å². The van der Waals surface area contributed by atoms with Crippen LogP contribution in [0.1, 0.15) is 11.1 Å². The quantitative estimate of drug-likeness (QED) is 0.909. The van der Waals surface area contributed by atoms with Gasteiger partial charge in [0.2, 0.25) is 0 Å². The maximum absolute atomic E-state index is 13.7. The van der Waals surface area contributed by atoms with E-state index in [1.165, 1.54) is 30.0 Å². The summed E-state index contributed by atoms with van der Waals surface area (Å²) >= 11 is 1.36. The molecule has 0 aliphatic carbocycles. The third kappa shape index (κ3) is 3.17. The van der Waals surface area contributed by atoms with Crippen LogP contribution in [0.3, 0.4) is 0 Å². The van der Waals surface area contributed by atoms with Crippen LogP contribution in [-0.4, -0.2) is 16.6 Å². The first-order valence-corrected chi connectivity index (χ1v) is 7.67. The van der Waals surface area contributed by atoms with Crippen molar-refractivity contribution in [1.82, 2.24) is 5.43 Å². The van der Waals surface area contributed by atoms with E-state index in [-0.39, 0.29) is 5.56 Å². The van der Waals surface area contributed by atoms with Crippen LogP contribution >= 0.6 is 11.8 Å². The van der Waals surface area contributed by atoms with Crippen molar-refractivity contribution in [1.29, 1.82) is 0 Å². The molecule has 1 aliphatic heterocycles. The van der Waals surface area contributed by atoms with Crippen LogP contribution in [0.25, 0.3) is 0 Å². The number of thioether (sulfide) groups is 1. The molecule has 22 heavy (non-hydrogen) atoms. The molecule has 2 aromatic rings. The SMILES string of the molecule is Cc1ccc(N=C2NN=C(c3c(F)cccc3F)CS2)cc1. The number of halogens is 2. The molecule has 1 heterocycles. The highest BCUT2D eigenvalue weighted by Gasteiger charge is 2.19. The first-order chi connectivity index (χ1) is 10.6. The predicted molar refractivity (Wildman–Crippen MR) is 86.8 cm³/mol. The first-order valence-electron chi connectivity index (χ1n) is 6.68. The summed E-state index contributed by atoms with van der Waals surface area (Å²) in [5.41, 5.74) is 4.96. The van der Waals surface area contributed by atoms with E-state index in [0.29, 0.717) is 16.6 Å². The van der Waals surface area contributed by atoms with Gasteiger partial charge in [-0.15, -0.1) is 0 Å². The van der Waals surface area contributed by atoms with Crippen molar-refractivity contribution in [3.8, 4) is 0 Å². The number of hydrogen-bond acceptors (Lipinski definition) is 3. The van der Waals surface area contributed by atoms with E-state index in [0.717, 1.165) is 11.3 Å². The monoisotopic (exact) mass is 317 g/mol. The minimum atomic E-state index is -0.611. The maximum Gasteiger partial charge on any atom is 0.182 e. The number of nitrogens with zero attached hydrogens (tertiary/aromatic N) is 2. The summed E-state index contributed by atoms with van der Waals surface area (Å²) in [6, 6.07) is 11.5. The van der Waals surface area contributed by atoms with Gasteiger partial charge >= 0.3 is 0 Å². The molecule has 6 heteroatoms. The third-order valence-electron chi connectivity index (χ3n) is 3.15. The standard InChI is InChI=1S/C16H13F2N3S/c1-10-5-7-11(8-6-10)19-16-21-20-14(9-22-16)15-12(17)3-2-4-13(15)18/h2-8H,9H2,1H3,(H,19,21). The Labute approximate surface area is 131 Å². The van der Waals surface area contributed by atoms with E-state index >= 15 is 0 Å². The first kappa shape index (κ1) is 14.7. The summed E-state index contributed by atoms with van der Waals surface area (Å²) < 4.78 is 27.5. The van der Waals surface area contributed by atoms with Crippen molar-refractivity contribution in [2.45, 2.75) is 6.92 Å². The lowest BCUT2D eigenvalue weighted by molar-refractivity contribution is 0.578. The zero-order valence-electron chi connectivity index (χ0n) is 11.8. The van der Waals surface area contributed by atoms with Crippen molar-refractivity contribution in [2.24, 2.45) is 10.1 Å². The Kier molecular flexibility index (Phi) is 4.20. The van der Waals surface area contributed by atoms with Crippen LogP contribution in [0.5, 0.6) is 0 Å². The van der Waals surface area contributed by atoms with Gasteiger partial charge in [-0.05, 0) is 31.2 Å². The average Bonchev–Trinajstić information content (AvgIpc) is 2.51. The molecule has 0 aromatic heterocycles. The van der Waals surface area contributed by atoms with Crippen LogP contribution < -0.4 is 5.43 Å². The highest BCUT2D eigenvalue weighted by molar-refractivity contribution is 8.14. The highest BCUT2D eigenvalue weighted by Crippen LogP contribution is 2.21. The van der Waals surface area contributed by atoms with Gasteiger partial charge in [0.15, 0.2) is 5.17 Å². The summed E-state index contributed by atoms with van der Waals surface area (Å²) in [6.45, 7) is 2.00. The fourth-order valence-electron chi connectivity index (χ4n) is 2.01. The van der Waals surface area contributed by atoms with Gasteiger partial charge in [-0.3, -0.25) is 5.43 Å². The lowest BCUT2D eigenvalue weighted by Crippen LogP contribution is -2.26. The van der Waals surface area contributed by atoms with E-state index in [9.17, 15) is 8.78 Å². The Balaban J connectivity index is 1.81. The number of hydrogen-bond donors (Lipinski definition) is 1. The number of rotatable bonds is 2. The molecule has 2 aromatic carbocycles. The van der Waals surface area contributed by atoms with E-state index in [4.69, 9.17) is 0 Å². The number of hydrazone groups is 1. The highest BCUT2D eigenvalue weighted by atomic mass is 32.2. The summed E-state index contributed by atoms with van der Waals surface area (Å²) in [6.07, 6.45) is 0. The van der Waals surface area contributed by atoms with Crippen molar-refractivity contribution in [3.05, 3.63) is 65.2 Å². The molecule has 112 valence electrons. The fraction of sp³-hybridized carbons (Fsp3) is 0.125. The van der Waals surface area contributed by atoms with E-state index in [1.807, 2.05) is 31.2 Å². The molecule has 0 spiro atoms. The summed E-state index contributed by atoms with van der Waals surface area (Å²) in [5.74, 6) is -0.865. The second-order valence-corrected chi connectivity index (χ2v) is 5.77. The van der Waals surface area contributed by atoms with E-state index in [2.05, 4.69) is 15.5 Å². The summed E-state index contributed by atoms with van der Waals surface area (Å²) in [7, 11) is 0. The average molecular weight is 317 g/mol. The molecule has 3 nitrogen and oxygen atoms in total. The van der Waals surface area contributed by atoms with Crippen LogP contribution in [0.2, 0.25) is 0 Å². The molecule has 0 fully saturated rings. The molecule has 0 radical (unpaired) electrons. The molecule has 0 bridgehead atoms. The molecule has 1 N–H and O–H groups in total. The van der Waals surface area contributed by atoms with Crippen LogP contribution in [0.4, 0.5) is 14.5 Å². The summed E-state index contributed by atoms with van der Waals surface area (Å²) in [5, 5.41) is 4.65. The predicted octanol–water partition coefficient (Wildman–Crippen LogP) is 4.00. The molecular formula is C16H13F2N3S. The Morgan fingerprint density at radius 1 is 1.09 bits per heavy atom. The Bertz CT molecular complexity index is 734. The van der Waals surface area contributed by atoms with Gasteiger partial charge in [0.25, 0.3) is 0 Å². The lowest BCUT2D eigenvalue weighted by Gasteiger charge is -2.15. The van der Waals surface area contributed by atoms with Gasteiger partial charge in [0.1, 0.15) is 11.6 Å². The zero-order valence-corrected chi connectivity index (χ0v) is 12.6. The summed E-state index contributed by atoms with van der Waals surface area (Å²) in [4.78, 5) is 4.41. The van der Waals surface area contributed by atoms with Gasteiger partial charge in [-0.1, -0.05) is 35.5 Å². The molecule has 0 atom stereocenters. The smallest absolute Gasteiger partial charge is 0.182 e. The topological polar surface area (TPSA) is 36.8 Å². The number of aryl methyl sites for hydroxylation is 1. The molecule has 0 saturated heterocycles. The van der Waals surface area contributed by atoms with E-state index < -0.39 is 11.6 Å². The van der Waals surface area contributed by atoms with Crippen molar-refractivity contribution in [2.75, 3.05) is 5.75 Å². The number of nitrogens with one attached hydrogen (secondary N) is 1. The van der Waals surface area contributed by atoms with Gasteiger partial charge in [-0.2, -0.15) is 5.10 Å². The zero-order chi connectivity index (χ0) is 15.5. The van der Waals surface area contributed by atoms with Crippen molar-refractivity contribution < 1.29 is 8.78 Å². The molecule has 1 aliphatic rings. The fourth-order valence-corrected chi connectivity index (χ4v) is 2.77. The normalized spacial score (nSPS) is 16.3. The molecule has 0 amide bonds. The minimum absolute atomic E-state index is 0.0862.